The Morgan fingerprint density at radius 3 is 2.43 bits per heavy atom. The van der Waals surface area contributed by atoms with Crippen molar-refractivity contribution in [2.24, 2.45) is 0 Å². The molecule has 3 aromatic rings. The number of rotatable bonds is 8. The van der Waals surface area contributed by atoms with Crippen molar-refractivity contribution in [1.82, 2.24) is 15.1 Å². The summed E-state index contributed by atoms with van der Waals surface area (Å²) in [6, 6.07) is 22.0. The number of carbonyl (C=O) groups is 2. The molecule has 1 N–H and O–H groups in total. The fourth-order valence-corrected chi connectivity index (χ4v) is 4.30. The van der Waals surface area contributed by atoms with Crippen molar-refractivity contribution in [3.05, 3.63) is 84.1 Å². The minimum atomic E-state index is -0.852. The SMILES string of the molecule is N#CC1(NC(=O)COC(=O)/C=C/c2cn(Cc3ccccc3)nc2-c2ccccc2)CCCCC1. The lowest BCUT2D eigenvalue weighted by atomic mass is 9.83. The van der Waals surface area contributed by atoms with Gasteiger partial charge < -0.3 is 10.1 Å². The van der Waals surface area contributed by atoms with E-state index >= 15 is 0 Å². The second-order valence-corrected chi connectivity index (χ2v) is 8.73. The van der Waals surface area contributed by atoms with Crippen molar-refractivity contribution < 1.29 is 14.3 Å². The van der Waals surface area contributed by atoms with Gasteiger partial charge in [0.15, 0.2) is 6.61 Å². The number of hydrogen-bond donors (Lipinski definition) is 1. The fraction of sp³-hybridized carbons (Fsp3) is 0.286. The van der Waals surface area contributed by atoms with Gasteiger partial charge in [0.1, 0.15) is 5.54 Å². The Bertz CT molecular complexity index is 1220. The van der Waals surface area contributed by atoms with Crippen LogP contribution in [0.1, 0.15) is 43.2 Å². The molecular weight excluding hydrogens is 440 g/mol. The molecule has 4 rings (SSSR count). The Labute approximate surface area is 205 Å². The van der Waals surface area contributed by atoms with Crippen LogP contribution in [0.15, 0.2) is 72.9 Å². The summed E-state index contributed by atoms with van der Waals surface area (Å²) >= 11 is 0. The van der Waals surface area contributed by atoms with Crippen LogP contribution in [0.4, 0.5) is 0 Å². The Hall–Kier alpha value is -4.18. The minimum absolute atomic E-state index is 0.425. The summed E-state index contributed by atoms with van der Waals surface area (Å²) < 4.78 is 6.97. The molecule has 0 radical (unpaired) electrons. The maximum atomic E-state index is 12.3. The van der Waals surface area contributed by atoms with Gasteiger partial charge in [-0.2, -0.15) is 10.4 Å². The van der Waals surface area contributed by atoms with Crippen molar-refractivity contribution >= 4 is 18.0 Å². The van der Waals surface area contributed by atoms with Gasteiger partial charge in [-0.25, -0.2) is 4.79 Å². The molecular formula is C28H28N4O3. The Kier molecular flexibility index (Phi) is 7.74. The number of nitriles is 1. The zero-order chi connectivity index (χ0) is 24.5. The van der Waals surface area contributed by atoms with Gasteiger partial charge >= 0.3 is 5.97 Å². The van der Waals surface area contributed by atoms with Crippen molar-refractivity contribution in [1.29, 1.82) is 5.26 Å². The van der Waals surface area contributed by atoms with Crippen LogP contribution in [0.5, 0.6) is 0 Å². The van der Waals surface area contributed by atoms with Crippen LogP contribution >= 0.6 is 0 Å². The third kappa shape index (κ3) is 6.45. The van der Waals surface area contributed by atoms with E-state index in [1.54, 1.807) is 6.08 Å². The summed E-state index contributed by atoms with van der Waals surface area (Å²) in [5, 5.41) is 17.0. The first-order chi connectivity index (χ1) is 17.1. The summed E-state index contributed by atoms with van der Waals surface area (Å²) in [4.78, 5) is 24.6. The van der Waals surface area contributed by atoms with E-state index in [2.05, 4.69) is 11.4 Å². The first kappa shape index (κ1) is 24.0. The van der Waals surface area contributed by atoms with Gasteiger partial charge in [0, 0.05) is 23.4 Å². The van der Waals surface area contributed by atoms with E-state index in [-0.39, 0.29) is 0 Å². The first-order valence-corrected chi connectivity index (χ1v) is 11.8. The molecule has 1 aliphatic rings. The van der Waals surface area contributed by atoms with E-state index in [9.17, 15) is 14.9 Å². The molecule has 0 atom stereocenters. The van der Waals surface area contributed by atoms with Crippen LogP contribution in [-0.4, -0.2) is 33.8 Å². The highest BCUT2D eigenvalue weighted by molar-refractivity contribution is 5.90. The zero-order valence-electron chi connectivity index (χ0n) is 19.5. The molecule has 178 valence electrons. The highest BCUT2D eigenvalue weighted by Gasteiger charge is 2.33. The molecule has 35 heavy (non-hydrogen) atoms. The number of aromatic nitrogens is 2. The molecule has 1 fully saturated rings. The Morgan fingerprint density at radius 2 is 1.74 bits per heavy atom. The van der Waals surface area contributed by atoms with Crippen LogP contribution < -0.4 is 5.32 Å². The summed E-state index contributed by atoms with van der Waals surface area (Å²) in [5.41, 5.74) is 2.70. The van der Waals surface area contributed by atoms with Crippen LogP contribution in [0.25, 0.3) is 17.3 Å². The molecule has 7 heteroatoms. The average molecular weight is 469 g/mol. The number of benzene rings is 2. The summed E-state index contributed by atoms with van der Waals surface area (Å²) in [6.45, 7) is 0.172. The number of amides is 1. The molecule has 1 amide bonds. The fourth-order valence-electron chi connectivity index (χ4n) is 4.30. The predicted molar refractivity (Wildman–Crippen MR) is 133 cm³/mol. The standard InChI is InChI=1S/C28H28N4O3/c29-21-28(16-8-3-9-17-28)30-25(33)20-35-26(34)15-14-24-19-32(18-22-10-4-1-5-11-22)31-27(24)23-12-6-2-7-13-23/h1-2,4-7,10-15,19H,3,8-9,16-18,20H2,(H,30,33)/b15-14+. The Morgan fingerprint density at radius 1 is 1.06 bits per heavy atom. The van der Waals surface area contributed by atoms with Crippen molar-refractivity contribution in [3.63, 3.8) is 0 Å². The van der Waals surface area contributed by atoms with Crippen LogP contribution in [-0.2, 0) is 20.9 Å². The lowest BCUT2D eigenvalue weighted by molar-refractivity contribution is -0.144. The van der Waals surface area contributed by atoms with E-state index in [0.29, 0.717) is 19.4 Å². The van der Waals surface area contributed by atoms with Gasteiger partial charge in [-0.15, -0.1) is 0 Å². The molecule has 1 saturated carbocycles. The van der Waals surface area contributed by atoms with E-state index < -0.39 is 24.0 Å². The van der Waals surface area contributed by atoms with E-state index in [1.165, 1.54) is 6.08 Å². The van der Waals surface area contributed by atoms with Gasteiger partial charge in [-0.3, -0.25) is 9.48 Å². The van der Waals surface area contributed by atoms with Gasteiger partial charge in [0.25, 0.3) is 5.91 Å². The molecule has 0 aliphatic heterocycles. The number of esters is 1. The largest absolute Gasteiger partial charge is 0.452 e. The van der Waals surface area contributed by atoms with Crippen molar-refractivity contribution in [3.8, 4) is 17.3 Å². The molecule has 1 aliphatic carbocycles. The average Bonchev–Trinajstić information content (AvgIpc) is 3.30. The number of nitrogens with one attached hydrogen (secondary N) is 1. The lowest BCUT2D eigenvalue weighted by Crippen LogP contribution is -2.49. The van der Waals surface area contributed by atoms with Gasteiger partial charge in [-0.05, 0) is 24.5 Å². The summed E-state index contributed by atoms with van der Waals surface area (Å²) in [5.74, 6) is -1.10. The molecule has 1 aromatic heterocycles. The van der Waals surface area contributed by atoms with E-state index in [4.69, 9.17) is 9.84 Å². The lowest BCUT2D eigenvalue weighted by Gasteiger charge is -2.31. The van der Waals surface area contributed by atoms with Gasteiger partial charge in [-0.1, -0.05) is 79.9 Å². The minimum Gasteiger partial charge on any atom is -0.452 e. The molecule has 0 saturated heterocycles. The van der Waals surface area contributed by atoms with Crippen molar-refractivity contribution in [2.45, 2.75) is 44.2 Å². The second-order valence-electron chi connectivity index (χ2n) is 8.73. The normalized spacial score (nSPS) is 14.8. The molecule has 0 bridgehead atoms. The maximum Gasteiger partial charge on any atom is 0.331 e. The highest BCUT2D eigenvalue weighted by Crippen LogP contribution is 2.27. The molecule has 1 heterocycles. The van der Waals surface area contributed by atoms with Gasteiger partial charge in [0.2, 0.25) is 0 Å². The molecule has 0 unspecified atom stereocenters. The third-order valence-electron chi connectivity index (χ3n) is 6.07. The second kappa shape index (κ2) is 11.3. The number of hydrogen-bond acceptors (Lipinski definition) is 5. The number of carbonyl (C=O) groups excluding carboxylic acids is 2. The monoisotopic (exact) mass is 468 g/mol. The van der Waals surface area contributed by atoms with E-state index in [0.717, 1.165) is 41.6 Å². The van der Waals surface area contributed by atoms with Crippen molar-refractivity contribution in [2.75, 3.05) is 6.61 Å². The third-order valence-corrected chi connectivity index (χ3v) is 6.07. The topological polar surface area (TPSA) is 97.0 Å². The Balaban J connectivity index is 1.42. The first-order valence-electron chi connectivity index (χ1n) is 11.8. The van der Waals surface area contributed by atoms with Crippen LogP contribution in [0.3, 0.4) is 0 Å². The summed E-state index contributed by atoms with van der Waals surface area (Å²) in [6.07, 6.45) is 8.93. The van der Waals surface area contributed by atoms with Gasteiger partial charge in [0.05, 0.1) is 18.3 Å². The van der Waals surface area contributed by atoms with Crippen LogP contribution in [0.2, 0.25) is 0 Å². The quantitative estimate of drug-likeness (QED) is 0.388. The van der Waals surface area contributed by atoms with Crippen LogP contribution in [0, 0.1) is 11.3 Å². The zero-order valence-corrected chi connectivity index (χ0v) is 19.5. The van der Waals surface area contributed by atoms with E-state index in [1.807, 2.05) is 71.5 Å². The molecule has 0 spiro atoms. The summed E-state index contributed by atoms with van der Waals surface area (Å²) in [7, 11) is 0. The maximum absolute atomic E-state index is 12.3. The molecule has 2 aromatic carbocycles. The molecule has 7 nitrogen and oxygen atoms in total. The number of ether oxygens (including phenoxy) is 1. The predicted octanol–water partition coefficient (Wildman–Crippen LogP) is 4.50. The smallest absolute Gasteiger partial charge is 0.331 e. The highest BCUT2D eigenvalue weighted by atomic mass is 16.5. The number of nitrogens with zero attached hydrogens (tertiary/aromatic N) is 3.